The first-order valence-corrected chi connectivity index (χ1v) is 10.4. The molecule has 0 bridgehead atoms. The second-order valence-corrected chi connectivity index (χ2v) is 7.50. The highest BCUT2D eigenvalue weighted by Gasteiger charge is 2.40. The van der Waals surface area contributed by atoms with Crippen molar-refractivity contribution >= 4 is 20.4 Å². The number of rotatable bonds is 6. The van der Waals surface area contributed by atoms with Gasteiger partial charge < -0.3 is 20.4 Å². The summed E-state index contributed by atoms with van der Waals surface area (Å²) in [6.45, 7) is 0. The molecule has 0 heterocycles. The molecule has 0 atom stereocenters. The molecule has 178 valence electrons. The van der Waals surface area contributed by atoms with E-state index in [0.29, 0.717) is 22.3 Å². The molecule has 0 aliphatic carbocycles. The van der Waals surface area contributed by atoms with Crippen LogP contribution in [0.15, 0.2) is 121 Å². The van der Waals surface area contributed by atoms with E-state index in [-0.39, 0.29) is 8.41 Å². The Hall–Kier alpha value is -4.20. The van der Waals surface area contributed by atoms with Crippen LogP contribution in [0, 0.1) is 0 Å². The average Bonchev–Trinajstić information content (AvgIpc) is 2.90. The fraction of sp³-hybridized carbons (Fsp3) is 0.0714. The lowest BCUT2D eigenvalue weighted by Gasteiger charge is -2.24. The van der Waals surface area contributed by atoms with Crippen LogP contribution in [0.1, 0.15) is 22.3 Å². The molecule has 7 heteroatoms. The van der Waals surface area contributed by atoms with Crippen LogP contribution < -0.4 is 0 Å². The minimum Gasteiger partial charge on any atom is -0.479 e. The van der Waals surface area contributed by atoms with Crippen LogP contribution in [0.25, 0.3) is 0 Å². The highest BCUT2D eigenvalue weighted by atomic mass is 16.4. The van der Waals surface area contributed by atoms with E-state index < -0.39 is 23.1 Å². The predicted molar refractivity (Wildman–Crippen MR) is 137 cm³/mol. The molecule has 4 aromatic carbocycles. The van der Waals surface area contributed by atoms with Crippen molar-refractivity contribution in [2.24, 2.45) is 0 Å². The van der Waals surface area contributed by atoms with Gasteiger partial charge in [-0.3, -0.25) is 0 Å². The van der Waals surface area contributed by atoms with Crippen molar-refractivity contribution in [2.75, 3.05) is 0 Å². The van der Waals surface area contributed by atoms with Gasteiger partial charge in [-0.2, -0.15) is 0 Å². The van der Waals surface area contributed by atoms with Crippen LogP contribution in [0.3, 0.4) is 0 Å². The Morgan fingerprint density at radius 2 is 0.600 bits per heavy atom. The van der Waals surface area contributed by atoms with Crippen molar-refractivity contribution in [3.63, 3.8) is 0 Å². The summed E-state index contributed by atoms with van der Waals surface area (Å²) in [4.78, 5) is 22.7. The minimum atomic E-state index is -2.00. The molecule has 0 spiro atoms. The number of carboxylic acid groups (broad SMARTS) is 2. The molecule has 0 aliphatic rings. The molecule has 0 unspecified atom stereocenters. The van der Waals surface area contributed by atoms with Crippen LogP contribution in [0.4, 0.5) is 0 Å². The molecule has 4 N–H and O–H groups in total. The van der Waals surface area contributed by atoms with Crippen LogP contribution in [-0.2, 0) is 20.8 Å². The van der Waals surface area contributed by atoms with Crippen molar-refractivity contribution in [3.05, 3.63) is 144 Å². The van der Waals surface area contributed by atoms with Gasteiger partial charge in [-0.25, -0.2) is 9.59 Å². The maximum Gasteiger partial charge on any atom is 0.345 e. The third kappa shape index (κ3) is 5.66. The summed E-state index contributed by atoms with van der Waals surface area (Å²) in [5, 5.41) is 39.4. The number of benzene rings is 4. The fourth-order valence-electron chi connectivity index (χ4n) is 3.54. The highest BCUT2D eigenvalue weighted by molar-refractivity contribution is 5.84. The molecule has 0 saturated carbocycles. The molecular weight excluding hydrogens is 443 g/mol. The lowest BCUT2D eigenvalue weighted by molar-refractivity contribution is -0.155. The molecule has 0 radical (unpaired) electrons. The fourth-order valence-corrected chi connectivity index (χ4v) is 3.54. The van der Waals surface area contributed by atoms with E-state index in [9.17, 15) is 30.0 Å². The third-order valence-electron chi connectivity index (χ3n) is 5.39. The number of carbonyl (C=O) groups is 2. The Morgan fingerprint density at radius 1 is 0.429 bits per heavy atom. The van der Waals surface area contributed by atoms with E-state index in [2.05, 4.69) is 0 Å². The van der Waals surface area contributed by atoms with Gasteiger partial charge in [0.25, 0.3) is 0 Å². The van der Waals surface area contributed by atoms with Crippen LogP contribution in [0.5, 0.6) is 0 Å². The van der Waals surface area contributed by atoms with Gasteiger partial charge in [-0.1, -0.05) is 121 Å². The summed E-state index contributed by atoms with van der Waals surface area (Å²) in [6, 6.07) is 33.5. The van der Waals surface area contributed by atoms with Gasteiger partial charge in [0.1, 0.15) is 0 Å². The van der Waals surface area contributed by atoms with Gasteiger partial charge in [0.15, 0.2) is 0 Å². The Morgan fingerprint density at radius 3 is 0.743 bits per heavy atom. The van der Waals surface area contributed by atoms with E-state index in [1.807, 2.05) is 0 Å². The van der Waals surface area contributed by atoms with E-state index >= 15 is 0 Å². The monoisotopic (exact) mass is 470 g/mol. The van der Waals surface area contributed by atoms with Crippen molar-refractivity contribution in [2.45, 2.75) is 11.2 Å². The van der Waals surface area contributed by atoms with E-state index in [0.717, 1.165) is 0 Å². The Labute approximate surface area is 205 Å². The zero-order valence-electron chi connectivity index (χ0n) is 18.2. The first-order valence-electron chi connectivity index (χ1n) is 10.4. The van der Waals surface area contributed by atoms with E-state index in [1.54, 1.807) is 121 Å². The molecule has 35 heavy (non-hydrogen) atoms. The Bertz CT molecular complexity index is 1040. The third-order valence-corrected chi connectivity index (χ3v) is 5.39. The largest absolute Gasteiger partial charge is 0.479 e. The number of aliphatic hydroxyl groups is 2. The molecule has 4 rings (SSSR count). The number of carboxylic acids is 2. The summed E-state index contributed by atoms with van der Waals surface area (Å²) in [6.07, 6.45) is 0. The molecule has 6 nitrogen and oxygen atoms in total. The molecule has 0 amide bonds. The van der Waals surface area contributed by atoms with Crippen molar-refractivity contribution in [1.29, 1.82) is 0 Å². The molecule has 4 aromatic rings. The summed E-state index contributed by atoms with van der Waals surface area (Å²) >= 11 is 0. The average molecular weight is 470 g/mol. The van der Waals surface area contributed by atoms with Crippen molar-refractivity contribution in [3.8, 4) is 0 Å². The smallest absolute Gasteiger partial charge is 0.345 e. The van der Waals surface area contributed by atoms with Gasteiger partial charge in [0, 0.05) is 0 Å². The molecule has 0 aliphatic heterocycles. The maximum atomic E-state index is 11.4. The van der Waals surface area contributed by atoms with Gasteiger partial charge >= 0.3 is 11.9 Å². The quantitative estimate of drug-likeness (QED) is 0.322. The van der Waals surface area contributed by atoms with Crippen molar-refractivity contribution in [1.82, 2.24) is 0 Å². The first kappa shape index (κ1) is 27.1. The molecule has 0 fully saturated rings. The number of hydrogen-bond donors (Lipinski definition) is 4. The topological polar surface area (TPSA) is 115 Å². The number of aliphatic carboxylic acids is 2. The molecular formula is C28H27BO6. The van der Waals surface area contributed by atoms with Crippen LogP contribution in [0.2, 0.25) is 0 Å². The highest BCUT2D eigenvalue weighted by Crippen LogP contribution is 2.30. The lowest BCUT2D eigenvalue weighted by Crippen LogP contribution is -2.36. The zero-order valence-corrected chi connectivity index (χ0v) is 18.2. The SMILES string of the molecule is B.O=C(O)C(O)(c1ccccc1)c1ccccc1.O=C(O)C(O)(c1ccccc1)c1ccccc1. The summed E-state index contributed by atoms with van der Waals surface area (Å²) in [5.41, 5.74) is -2.61. The Balaban J connectivity index is 0.000000240. The minimum absolute atomic E-state index is 0. The second kappa shape index (κ2) is 11.8. The normalized spacial score (nSPS) is 10.8. The maximum absolute atomic E-state index is 11.4. The van der Waals surface area contributed by atoms with Crippen LogP contribution in [-0.4, -0.2) is 40.8 Å². The summed E-state index contributed by atoms with van der Waals surface area (Å²) in [5.74, 6) is -2.56. The van der Waals surface area contributed by atoms with Crippen molar-refractivity contribution < 1.29 is 30.0 Å². The van der Waals surface area contributed by atoms with Gasteiger partial charge in [-0.15, -0.1) is 0 Å². The van der Waals surface area contributed by atoms with Crippen LogP contribution >= 0.6 is 0 Å². The molecule has 0 saturated heterocycles. The summed E-state index contributed by atoms with van der Waals surface area (Å²) in [7, 11) is 0. The van der Waals surface area contributed by atoms with Gasteiger partial charge in [-0.05, 0) is 22.3 Å². The lowest BCUT2D eigenvalue weighted by atomic mass is 9.86. The standard InChI is InChI=1S/2C14H12O3.BH3/c2*15-13(16)14(17,11-7-3-1-4-8-11)12-9-5-2-6-10-12;/h2*1-10,17H,(H,15,16);1H3. The predicted octanol–water partition coefficient (Wildman–Crippen LogP) is 2.83. The van der Waals surface area contributed by atoms with Gasteiger partial charge in [0.05, 0.1) is 8.41 Å². The first-order chi connectivity index (χ1) is 16.3. The number of hydrogen-bond acceptors (Lipinski definition) is 4. The summed E-state index contributed by atoms with van der Waals surface area (Å²) < 4.78 is 0. The van der Waals surface area contributed by atoms with E-state index in [1.165, 1.54) is 0 Å². The Kier molecular flexibility index (Phi) is 9.11. The van der Waals surface area contributed by atoms with Gasteiger partial charge in [0.2, 0.25) is 11.2 Å². The van der Waals surface area contributed by atoms with E-state index in [4.69, 9.17) is 0 Å². The molecule has 0 aromatic heterocycles. The second-order valence-electron chi connectivity index (χ2n) is 7.50. The zero-order chi connectivity index (χ0) is 24.6.